The van der Waals surface area contributed by atoms with Crippen LogP contribution in [0.4, 0.5) is 0 Å². The summed E-state index contributed by atoms with van der Waals surface area (Å²) in [6, 6.07) is 18.5. The van der Waals surface area contributed by atoms with E-state index < -0.39 is 18.4 Å². The van der Waals surface area contributed by atoms with Crippen LogP contribution in [-0.2, 0) is 17.7 Å². The van der Waals surface area contributed by atoms with Crippen LogP contribution < -0.4 is 9.47 Å². The molecule has 0 radical (unpaired) electrons. The van der Waals surface area contributed by atoms with Crippen molar-refractivity contribution in [3.8, 4) is 11.5 Å². The zero-order valence-corrected chi connectivity index (χ0v) is 20.5. The summed E-state index contributed by atoms with van der Waals surface area (Å²) >= 11 is 0. The minimum atomic E-state index is -1.04. The van der Waals surface area contributed by atoms with Crippen molar-refractivity contribution in [3.05, 3.63) is 89.1 Å². The summed E-state index contributed by atoms with van der Waals surface area (Å²) in [6.45, 7) is 2.35. The van der Waals surface area contributed by atoms with Gasteiger partial charge in [0, 0.05) is 30.1 Å². The van der Waals surface area contributed by atoms with E-state index in [-0.39, 0.29) is 5.56 Å². The van der Waals surface area contributed by atoms with Gasteiger partial charge in [-0.3, -0.25) is 4.68 Å². The summed E-state index contributed by atoms with van der Waals surface area (Å²) < 4.78 is 18.9. The van der Waals surface area contributed by atoms with Gasteiger partial charge in [-0.1, -0.05) is 42.5 Å². The lowest BCUT2D eigenvalue weighted by Gasteiger charge is -2.24. The molecule has 0 bridgehead atoms. The van der Waals surface area contributed by atoms with E-state index in [9.17, 15) is 15.0 Å². The molecular formula is C28H30N2O6. The molecule has 3 aromatic carbocycles. The number of rotatable bonds is 11. The number of aromatic carboxylic acids is 1. The lowest BCUT2D eigenvalue weighted by atomic mass is 10.0. The quantitative estimate of drug-likeness (QED) is 0.292. The van der Waals surface area contributed by atoms with Crippen LogP contribution in [0.3, 0.4) is 0 Å². The number of aliphatic hydroxyl groups is 1. The molecule has 36 heavy (non-hydrogen) atoms. The van der Waals surface area contributed by atoms with Crippen molar-refractivity contribution < 1.29 is 29.2 Å². The Kier molecular flexibility index (Phi) is 7.87. The summed E-state index contributed by atoms with van der Waals surface area (Å²) in [7, 11) is 3.20. The Bertz CT molecular complexity index is 1310. The average molecular weight is 491 g/mol. The third-order valence-corrected chi connectivity index (χ3v) is 6.16. The number of carboxylic acid groups (broad SMARTS) is 1. The predicted octanol–water partition coefficient (Wildman–Crippen LogP) is 4.77. The van der Waals surface area contributed by atoms with Gasteiger partial charge in [0.15, 0.2) is 6.29 Å². The molecule has 0 aliphatic carbocycles. The van der Waals surface area contributed by atoms with Crippen LogP contribution in [-0.4, -0.2) is 46.5 Å². The molecule has 0 aliphatic heterocycles. The maximum atomic E-state index is 11.6. The van der Waals surface area contributed by atoms with E-state index >= 15 is 0 Å². The molecule has 0 fully saturated rings. The third-order valence-electron chi connectivity index (χ3n) is 6.16. The zero-order chi connectivity index (χ0) is 25.7. The van der Waals surface area contributed by atoms with Crippen LogP contribution in [0.5, 0.6) is 11.5 Å². The smallest absolute Gasteiger partial charge is 0.337 e. The Labute approximate surface area is 209 Å². The Hall–Kier alpha value is -3.88. The molecule has 0 amide bonds. The Morgan fingerprint density at radius 2 is 1.72 bits per heavy atom. The standard InChI is InChI=1S/C28H30N2O6/c1-18-24(34-2)15-21(16-25(18)35-3)23(36-26(31)14-19-8-5-4-6-9-19)12-13-30-17-20-10-7-11-22(28(32)33)27(20)29-30/h4-11,15-17,23,26,31H,12-14H2,1-3H3,(H,32,33)/t23-,26-/m0/s1. The topological polar surface area (TPSA) is 103 Å². The fourth-order valence-electron chi connectivity index (χ4n) is 4.29. The second-order valence-corrected chi connectivity index (χ2v) is 8.55. The maximum Gasteiger partial charge on any atom is 0.337 e. The highest BCUT2D eigenvalue weighted by atomic mass is 16.6. The van der Waals surface area contributed by atoms with E-state index in [1.165, 1.54) is 0 Å². The number of ether oxygens (including phenoxy) is 3. The van der Waals surface area contributed by atoms with Crippen LogP contribution in [0.2, 0.25) is 0 Å². The molecule has 188 valence electrons. The number of aromatic nitrogens is 2. The number of hydrogen-bond acceptors (Lipinski definition) is 6. The summed E-state index contributed by atoms with van der Waals surface area (Å²) in [4.78, 5) is 11.6. The second-order valence-electron chi connectivity index (χ2n) is 8.55. The summed E-state index contributed by atoms with van der Waals surface area (Å²) in [5, 5.41) is 25.5. The molecule has 0 unspecified atom stereocenters. The number of benzene rings is 3. The largest absolute Gasteiger partial charge is 0.496 e. The van der Waals surface area contributed by atoms with Gasteiger partial charge in [0.2, 0.25) is 0 Å². The molecular weight excluding hydrogens is 460 g/mol. The van der Waals surface area contributed by atoms with Gasteiger partial charge in [-0.05, 0) is 42.7 Å². The number of nitrogens with zero attached hydrogens (tertiary/aromatic N) is 2. The lowest BCUT2D eigenvalue weighted by Crippen LogP contribution is -2.20. The number of hydrogen-bond donors (Lipinski definition) is 2. The summed E-state index contributed by atoms with van der Waals surface area (Å²) in [6.07, 6.45) is 1.09. The fraction of sp³-hybridized carbons (Fsp3) is 0.286. The first kappa shape index (κ1) is 25.2. The third kappa shape index (κ3) is 5.67. The highest BCUT2D eigenvalue weighted by Gasteiger charge is 2.21. The van der Waals surface area contributed by atoms with Gasteiger partial charge in [0.1, 0.15) is 17.0 Å². The van der Waals surface area contributed by atoms with Gasteiger partial charge in [0.25, 0.3) is 0 Å². The van der Waals surface area contributed by atoms with Crippen LogP contribution in [0.15, 0.2) is 66.9 Å². The minimum Gasteiger partial charge on any atom is -0.496 e. The first-order valence-electron chi connectivity index (χ1n) is 11.7. The summed E-state index contributed by atoms with van der Waals surface area (Å²) in [5.41, 5.74) is 3.22. The van der Waals surface area contributed by atoms with Gasteiger partial charge >= 0.3 is 5.97 Å². The molecule has 2 atom stereocenters. The second kappa shape index (κ2) is 11.2. The molecule has 1 aromatic heterocycles. The van der Waals surface area contributed by atoms with Crippen molar-refractivity contribution in [1.29, 1.82) is 0 Å². The maximum absolute atomic E-state index is 11.6. The van der Waals surface area contributed by atoms with E-state index in [2.05, 4.69) is 5.10 Å². The molecule has 0 saturated carbocycles. The number of methoxy groups -OCH3 is 2. The first-order chi connectivity index (χ1) is 17.4. The van der Waals surface area contributed by atoms with E-state index in [4.69, 9.17) is 14.2 Å². The van der Waals surface area contributed by atoms with Gasteiger partial charge in [-0.15, -0.1) is 0 Å². The molecule has 0 aliphatic rings. The van der Waals surface area contributed by atoms with Crippen LogP contribution in [0.25, 0.3) is 10.9 Å². The predicted molar refractivity (Wildman–Crippen MR) is 136 cm³/mol. The van der Waals surface area contributed by atoms with Gasteiger partial charge in [0.05, 0.1) is 25.9 Å². The zero-order valence-electron chi connectivity index (χ0n) is 20.5. The van der Waals surface area contributed by atoms with Gasteiger partial charge in [-0.2, -0.15) is 5.10 Å². The van der Waals surface area contributed by atoms with Gasteiger partial charge < -0.3 is 24.4 Å². The number of carbonyl (C=O) groups is 1. The van der Waals surface area contributed by atoms with Crippen molar-refractivity contribution >= 4 is 16.9 Å². The first-order valence-corrected chi connectivity index (χ1v) is 11.7. The van der Waals surface area contributed by atoms with E-state index in [0.717, 1.165) is 22.1 Å². The van der Waals surface area contributed by atoms with E-state index in [1.54, 1.807) is 31.0 Å². The van der Waals surface area contributed by atoms with Crippen LogP contribution >= 0.6 is 0 Å². The number of aryl methyl sites for hydroxylation is 1. The molecule has 4 rings (SSSR count). The highest BCUT2D eigenvalue weighted by Crippen LogP contribution is 2.35. The Balaban J connectivity index is 1.61. The van der Waals surface area contributed by atoms with Crippen molar-refractivity contribution in [2.45, 2.75) is 38.7 Å². The molecule has 0 spiro atoms. The van der Waals surface area contributed by atoms with Gasteiger partial charge in [-0.25, -0.2) is 4.79 Å². The number of aliphatic hydroxyl groups excluding tert-OH is 1. The van der Waals surface area contributed by atoms with Crippen molar-refractivity contribution in [2.24, 2.45) is 0 Å². The normalized spacial score (nSPS) is 12.9. The van der Waals surface area contributed by atoms with Crippen molar-refractivity contribution in [3.63, 3.8) is 0 Å². The molecule has 4 aromatic rings. The number of fused-ring (bicyclic) bond motifs is 1. The Morgan fingerprint density at radius 1 is 1.03 bits per heavy atom. The average Bonchev–Trinajstić information content (AvgIpc) is 3.30. The fourth-order valence-corrected chi connectivity index (χ4v) is 4.29. The summed E-state index contributed by atoms with van der Waals surface area (Å²) in [5.74, 6) is 0.299. The monoisotopic (exact) mass is 490 g/mol. The molecule has 2 N–H and O–H groups in total. The van der Waals surface area contributed by atoms with E-state index in [0.29, 0.717) is 36.4 Å². The molecule has 8 heteroatoms. The Morgan fingerprint density at radius 3 is 2.36 bits per heavy atom. The van der Waals surface area contributed by atoms with Crippen molar-refractivity contribution in [1.82, 2.24) is 9.78 Å². The van der Waals surface area contributed by atoms with Crippen LogP contribution in [0.1, 0.15) is 39.6 Å². The molecule has 1 heterocycles. The number of carboxylic acids is 1. The molecule has 0 saturated heterocycles. The SMILES string of the molecule is COc1cc([C@H](CCn2cc3cccc(C(=O)O)c3n2)O[C@H](O)Cc2ccccc2)cc(OC)c1C. The molecule has 8 nitrogen and oxygen atoms in total. The van der Waals surface area contributed by atoms with Crippen molar-refractivity contribution in [2.75, 3.05) is 14.2 Å². The van der Waals surface area contributed by atoms with Crippen LogP contribution in [0, 0.1) is 6.92 Å². The van der Waals surface area contributed by atoms with E-state index in [1.807, 2.05) is 61.7 Å². The minimum absolute atomic E-state index is 0.158. The highest BCUT2D eigenvalue weighted by molar-refractivity contribution is 6.01. The lowest BCUT2D eigenvalue weighted by molar-refractivity contribution is -0.139.